The van der Waals surface area contributed by atoms with Gasteiger partial charge in [-0.15, -0.1) is 0 Å². The van der Waals surface area contributed by atoms with E-state index in [1.807, 2.05) is 18.2 Å². The molecule has 0 amide bonds. The average Bonchev–Trinajstić information content (AvgIpc) is 3.25. The molecule has 4 aromatic rings. The molecule has 0 fully saturated rings. The lowest BCUT2D eigenvalue weighted by molar-refractivity contribution is -0.138. The summed E-state index contributed by atoms with van der Waals surface area (Å²) in [5, 5.41) is 10.6. The molecule has 34 heavy (non-hydrogen) atoms. The van der Waals surface area contributed by atoms with Crippen LogP contribution in [0.3, 0.4) is 0 Å². The van der Waals surface area contributed by atoms with Gasteiger partial charge in [0, 0.05) is 29.6 Å². The van der Waals surface area contributed by atoms with Crippen molar-refractivity contribution >= 4 is 34.7 Å². The van der Waals surface area contributed by atoms with Gasteiger partial charge in [0.2, 0.25) is 0 Å². The van der Waals surface area contributed by atoms with Crippen LogP contribution in [0.5, 0.6) is 11.5 Å². The van der Waals surface area contributed by atoms with Crippen molar-refractivity contribution in [2.24, 2.45) is 0 Å². The summed E-state index contributed by atoms with van der Waals surface area (Å²) in [6, 6.07) is 14.1. The maximum absolute atomic E-state index is 13.6. The lowest BCUT2D eigenvalue weighted by atomic mass is 9.93. The second kappa shape index (κ2) is 8.87. The van der Waals surface area contributed by atoms with Crippen molar-refractivity contribution in [1.29, 1.82) is 0 Å². The highest BCUT2D eigenvalue weighted by Crippen LogP contribution is 2.40. The third kappa shape index (κ3) is 4.12. The Balaban J connectivity index is 1.50. The summed E-state index contributed by atoms with van der Waals surface area (Å²) in [5.74, 6) is -0.475. The molecule has 1 atom stereocenters. The molecule has 5 rings (SSSR count). The van der Waals surface area contributed by atoms with Crippen molar-refractivity contribution in [3.63, 3.8) is 0 Å². The van der Waals surface area contributed by atoms with Gasteiger partial charge >= 0.3 is 5.97 Å². The molecular formula is C25H20ClFN2O5. The second-order valence-corrected chi connectivity index (χ2v) is 8.38. The third-order valence-electron chi connectivity index (χ3n) is 5.82. The topological polar surface area (TPSA) is 85.0 Å². The van der Waals surface area contributed by atoms with E-state index < -0.39 is 17.8 Å². The number of aliphatic carboxylic acids is 1. The normalized spacial score (nSPS) is 15.3. The molecule has 174 valence electrons. The number of carbonyl (C=O) groups is 1. The van der Waals surface area contributed by atoms with E-state index in [4.69, 9.17) is 25.5 Å². The first-order chi connectivity index (χ1) is 16.4. The molecule has 2 heterocycles. The van der Waals surface area contributed by atoms with Crippen LogP contribution in [0.15, 0.2) is 59.0 Å². The van der Waals surface area contributed by atoms with Crippen LogP contribution in [-0.2, 0) is 24.4 Å². The molecule has 1 aromatic heterocycles. The average molecular weight is 483 g/mol. The Morgan fingerprint density at radius 2 is 2.03 bits per heavy atom. The first-order valence-corrected chi connectivity index (χ1v) is 10.9. The van der Waals surface area contributed by atoms with Gasteiger partial charge in [-0.1, -0.05) is 29.8 Å². The number of methoxy groups -OCH3 is 1. The molecule has 9 heteroatoms. The zero-order valence-corrected chi connectivity index (χ0v) is 18.9. The molecule has 1 aliphatic heterocycles. The number of carboxylic acids is 1. The van der Waals surface area contributed by atoms with Crippen LogP contribution in [0.1, 0.15) is 16.7 Å². The highest BCUT2D eigenvalue weighted by Gasteiger charge is 2.36. The predicted octanol–water partition coefficient (Wildman–Crippen LogP) is 5.22. The quantitative estimate of drug-likeness (QED) is 0.403. The van der Waals surface area contributed by atoms with E-state index in [-0.39, 0.29) is 31.2 Å². The number of hydrogen-bond acceptors (Lipinski definition) is 6. The Labute approximate surface area is 199 Å². The van der Waals surface area contributed by atoms with Crippen molar-refractivity contribution in [2.75, 3.05) is 12.0 Å². The van der Waals surface area contributed by atoms with Gasteiger partial charge < -0.3 is 23.9 Å². The van der Waals surface area contributed by atoms with Crippen molar-refractivity contribution in [3.8, 4) is 11.5 Å². The summed E-state index contributed by atoms with van der Waals surface area (Å²) < 4.78 is 30.9. The van der Waals surface area contributed by atoms with Crippen molar-refractivity contribution < 1.29 is 28.2 Å². The predicted molar refractivity (Wildman–Crippen MR) is 124 cm³/mol. The summed E-state index contributed by atoms with van der Waals surface area (Å²) in [6.07, 6.45) is 0.144. The fourth-order valence-electron chi connectivity index (χ4n) is 4.10. The number of aromatic nitrogens is 1. The molecule has 0 saturated carbocycles. The molecular weight excluding hydrogens is 463 g/mol. The van der Waals surface area contributed by atoms with E-state index in [9.17, 15) is 14.3 Å². The van der Waals surface area contributed by atoms with Crippen LogP contribution in [0.4, 0.5) is 10.4 Å². The maximum Gasteiger partial charge on any atom is 0.326 e. The van der Waals surface area contributed by atoms with Gasteiger partial charge in [-0.25, -0.2) is 9.18 Å². The molecule has 0 aliphatic carbocycles. The Morgan fingerprint density at radius 3 is 2.76 bits per heavy atom. The summed E-state index contributed by atoms with van der Waals surface area (Å²) >= 11 is 5.96. The monoisotopic (exact) mass is 482 g/mol. The lowest BCUT2D eigenvalue weighted by Gasteiger charge is -2.34. The van der Waals surface area contributed by atoms with Crippen LogP contribution in [0.25, 0.3) is 11.1 Å². The van der Waals surface area contributed by atoms with Crippen LogP contribution >= 0.6 is 11.6 Å². The first-order valence-electron chi connectivity index (χ1n) is 10.5. The number of ether oxygens (including phenoxy) is 2. The SMILES string of the molecule is COc1ccc2c(c1OCc1ccc(Cl)cc1)C[C@@H](C(=O)O)N(c1nc3ccc(F)cc3o1)C2. The third-order valence-corrected chi connectivity index (χ3v) is 6.07. The van der Waals surface area contributed by atoms with E-state index in [0.717, 1.165) is 16.7 Å². The van der Waals surface area contributed by atoms with Gasteiger partial charge in [0.15, 0.2) is 17.1 Å². The fourth-order valence-corrected chi connectivity index (χ4v) is 4.23. The zero-order chi connectivity index (χ0) is 23.8. The van der Waals surface area contributed by atoms with E-state index in [1.54, 1.807) is 23.1 Å². The molecule has 0 radical (unpaired) electrons. The Kier molecular flexibility index (Phi) is 5.75. The Morgan fingerprint density at radius 1 is 1.24 bits per heavy atom. The Hall–Kier alpha value is -3.78. The van der Waals surface area contributed by atoms with Gasteiger partial charge in [-0.05, 0) is 41.5 Å². The standard InChI is InChI=1S/C25H20ClFN2O5/c1-32-21-9-4-15-12-29(25-28-19-8-7-17(27)10-22(19)34-25)20(24(30)31)11-18(15)23(21)33-13-14-2-5-16(26)6-3-14/h2-10,20H,11-13H2,1H3,(H,30,31)/t20-/m0/s1. The first kappa shape index (κ1) is 22.0. The van der Waals surface area contributed by atoms with Gasteiger partial charge in [0.25, 0.3) is 6.01 Å². The second-order valence-electron chi connectivity index (χ2n) is 7.94. The van der Waals surface area contributed by atoms with Crippen molar-refractivity contribution in [1.82, 2.24) is 4.98 Å². The maximum atomic E-state index is 13.6. The van der Waals surface area contributed by atoms with Gasteiger partial charge in [0.05, 0.1) is 7.11 Å². The molecule has 0 unspecified atom stereocenters. The summed E-state index contributed by atoms with van der Waals surface area (Å²) in [7, 11) is 1.54. The molecule has 1 N–H and O–H groups in total. The zero-order valence-electron chi connectivity index (χ0n) is 18.1. The molecule has 0 bridgehead atoms. The highest BCUT2D eigenvalue weighted by molar-refractivity contribution is 6.30. The van der Waals surface area contributed by atoms with E-state index in [0.29, 0.717) is 22.0 Å². The molecule has 1 aliphatic rings. The van der Waals surface area contributed by atoms with E-state index in [1.165, 1.54) is 25.3 Å². The highest BCUT2D eigenvalue weighted by atomic mass is 35.5. The summed E-state index contributed by atoms with van der Waals surface area (Å²) in [5.41, 5.74) is 3.23. The molecule has 3 aromatic carbocycles. The minimum Gasteiger partial charge on any atom is -0.493 e. The minimum absolute atomic E-state index is 0.123. The van der Waals surface area contributed by atoms with Crippen molar-refractivity contribution in [3.05, 3.63) is 82.1 Å². The molecule has 0 saturated heterocycles. The van der Waals surface area contributed by atoms with Crippen molar-refractivity contribution in [2.45, 2.75) is 25.6 Å². The number of anilines is 1. The van der Waals surface area contributed by atoms with Crippen LogP contribution in [0, 0.1) is 5.82 Å². The minimum atomic E-state index is -1.04. The van der Waals surface area contributed by atoms with Gasteiger partial charge in [-0.3, -0.25) is 0 Å². The van der Waals surface area contributed by atoms with Crippen LogP contribution in [0.2, 0.25) is 5.02 Å². The number of benzene rings is 3. The summed E-state index contributed by atoms with van der Waals surface area (Å²) in [4.78, 5) is 18.2. The smallest absolute Gasteiger partial charge is 0.326 e. The lowest BCUT2D eigenvalue weighted by Crippen LogP contribution is -2.46. The van der Waals surface area contributed by atoms with E-state index >= 15 is 0 Å². The largest absolute Gasteiger partial charge is 0.493 e. The van der Waals surface area contributed by atoms with Crippen LogP contribution in [-0.4, -0.2) is 29.2 Å². The van der Waals surface area contributed by atoms with Gasteiger partial charge in [-0.2, -0.15) is 4.98 Å². The Bertz CT molecular complexity index is 1370. The number of rotatable bonds is 6. The number of halogens is 2. The summed E-state index contributed by atoms with van der Waals surface area (Å²) in [6.45, 7) is 0.491. The van der Waals surface area contributed by atoms with Crippen LogP contribution < -0.4 is 14.4 Å². The number of hydrogen-bond donors (Lipinski definition) is 1. The fraction of sp³-hybridized carbons (Fsp3) is 0.200. The number of carboxylic acid groups (broad SMARTS) is 1. The number of fused-ring (bicyclic) bond motifs is 2. The molecule has 0 spiro atoms. The number of oxazole rings is 1. The van der Waals surface area contributed by atoms with E-state index in [2.05, 4.69) is 4.98 Å². The number of nitrogens with zero attached hydrogens (tertiary/aromatic N) is 2. The van der Waals surface area contributed by atoms with Gasteiger partial charge in [0.1, 0.15) is 24.0 Å². The molecule has 7 nitrogen and oxygen atoms in total.